The summed E-state index contributed by atoms with van der Waals surface area (Å²) < 4.78 is 1.64. The maximum Gasteiger partial charge on any atom is 0.258 e. The Bertz CT molecular complexity index is 1120. The van der Waals surface area contributed by atoms with E-state index in [9.17, 15) is 9.90 Å². The summed E-state index contributed by atoms with van der Waals surface area (Å²) in [4.78, 5) is 12.6. The minimum atomic E-state index is -0.459. The zero-order valence-corrected chi connectivity index (χ0v) is 14.4. The first-order chi connectivity index (χ1) is 12.5. The van der Waals surface area contributed by atoms with Gasteiger partial charge in [0.25, 0.3) is 5.91 Å². The van der Waals surface area contributed by atoms with Gasteiger partial charge < -0.3 is 10.4 Å². The highest BCUT2D eigenvalue weighted by atomic mass is 35.5. The van der Waals surface area contributed by atoms with Crippen LogP contribution in [0, 0.1) is 0 Å². The third-order valence-electron chi connectivity index (χ3n) is 4.02. The number of phenolic OH excluding ortho intramolecular Hbond substituents is 1. The molecule has 0 bridgehead atoms. The highest BCUT2D eigenvalue weighted by Crippen LogP contribution is 2.32. The normalized spacial score (nSPS) is 11.0. The Hall–Kier alpha value is -3.32. The molecule has 0 aliphatic carbocycles. The summed E-state index contributed by atoms with van der Waals surface area (Å²) >= 11 is 6.07. The lowest BCUT2D eigenvalue weighted by Gasteiger charge is -2.06. The Morgan fingerprint density at radius 3 is 2.77 bits per heavy atom. The van der Waals surface area contributed by atoms with Gasteiger partial charge in [-0.1, -0.05) is 41.9 Å². The molecule has 4 rings (SSSR count). The van der Waals surface area contributed by atoms with E-state index in [1.54, 1.807) is 11.7 Å². The Kier molecular flexibility index (Phi) is 3.85. The van der Waals surface area contributed by atoms with Crippen LogP contribution >= 0.6 is 11.6 Å². The molecule has 3 N–H and O–H groups in total. The van der Waals surface area contributed by atoms with Crippen LogP contribution in [0.15, 0.2) is 48.5 Å². The van der Waals surface area contributed by atoms with Crippen LogP contribution in [-0.2, 0) is 7.05 Å². The second kappa shape index (κ2) is 6.20. The van der Waals surface area contributed by atoms with E-state index in [-0.39, 0.29) is 16.3 Å². The van der Waals surface area contributed by atoms with E-state index in [1.807, 2.05) is 30.3 Å². The van der Waals surface area contributed by atoms with Gasteiger partial charge in [-0.2, -0.15) is 10.2 Å². The molecule has 0 saturated carbocycles. The summed E-state index contributed by atoms with van der Waals surface area (Å²) in [7, 11) is 1.79. The number of hydrogen-bond donors (Lipinski definition) is 3. The van der Waals surface area contributed by atoms with Gasteiger partial charge >= 0.3 is 0 Å². The number of aryl methyl sites for hydroxylation is 1. The van der Waals surface area contributed by atoms with Crippen molar-refractivity contribution in [3.63, 3.8) is 0 Å². The van der Waals surface area contributed by atoms with Crippen LogP contribution in [0.25, 0.3) is 22.3 Å². The lowest BCUT2D eigenvalue weighted by Crippen LogP contribution is -2.13. The molecule has 0 fully saturated rings. The van der Waals surface area contributed by atoms with Crippen molar-refractivity contribution >= 4 is 34.4 Å². The standard InChI is InChI=1S/C18H14ClN5O2/c1-24-17-14(15(23-24)10-5-3-2-4-6-10)16(21-22-17)20-18(26)12-9-11(25)7-8-13(12)19/h2-9,25H,1H3,(H2,20,21,22,26). The Balaban J connectivity index is 1.78. The molecule has 0 aliphatic heterocycles. The summed E-state index contributed by atoms with van der Waals surface area (Å²) in [5.74, 6) is -0.0867. The average Bonchev–Trinajstić information content (AvgIpc) is 3.19. The highest BCUT2D eigenvalue weighted by Gasteiger charge is 2.20. The summed E-state index contributed by atoms with van der Waals surface area (Å²) in [5.41, 5.74) is 2.39. The maximum atomic E-state index is 12.6. The summed E-state index contributed by atoms with van der Waals surface area (Å²) in [5, 5.41) is 24.9. The molecule has 0 spiro atoms. The molecule has 0 atom stereocenters. The van der Waals surface area contributed by atoms with Crippen molar-refractivity contribution in [1.82, 2.24) is 20.0 Å². The molecule has 2 aromatic heterocycles. The predicted octanol–water partition coefficient (Wildman–Crippen LogP) is 3.57. The van der Waals surface area contributed by atoms with Gasteiger partial charge in [-0.3, -0.25) is 9.89 Å². The third-order valence-corrected chi connectivity index (χ3v) is 4.35. The van der Waals surface area contributed by atoms with Gasteiger partial charge in [-0.25, -0.2) is 4.68 Å². The van der Waals surface area contributed by atoms with Crippen molar-refractivity contribution in [3.8, 4) is 17.0 Å². The number of phenols is 1. The maximum absolute atomic E-state index is 12.6. The SMILES string of the molecule is Cn1nc(-c2ccccc2)c2c(NC(=O)c3cc(O)ccc3Cl)[nH]nc21. The number of aromatic nitrogens is 4. The third kappa shape index (κ3) is 2.68. The fourth-order valence-electron chi connectivity index (χ4n) is 2.79. The van der Waals surface area contributed by atoms with Crippen LogP contribution < -0.4 is 5.32 Å². The molecule has 4 aromatic rings. The van der Waals surface area contributed by atoms with Crippen molar-refractivity contribution in [2.45, 2.75) is 0 Å². The second-order valence-electron chi connectivity index (χ2n) is 5.75. The van der Waals surface area contributed by atoms with Crippen LogP contribution in [0.4, 0.5) is 5.82 Å². The number of nitrogens with one attached hydrogen (secondary N) is 2. The molecule has 1 amide bonds. The van der Waals surface area contributed by atoms with E-state index in [0.717, 1.165) is 5.56 Å². The average molecular weight is 368 g/mol. The number of carbonyl (C=O) groups is 1. The Morgan fingerprint density at radius 1 is 1.23 bits per heavy atom. The molecule has 2 heterocycles. The fraction of sp³-hybridized carbons (Fsp3) is 0.0556. The van der Waals surface area contributed by atoms with E-state index in [0.29, 0.717) is 22.5 Å². The van der Waals surface area contributed by atoms with E-state index >= 15 is 0 Å². The van der Waals surface area contributed by atoms with E-state index in [1.165, 1.54) is 18.2 Å². The Labute approximate surface area is 153 Å². The largest absolute Gasteiger partial charge is 0.508 e. The number of aromatic amines is 1. The van der Waals surface area contributed by atoms with Crippen molar-refractivity contribution in [2.75, 3.05) is 5.32 Å². The van der Waals surface area contributed by atoms with Gasteiger partial charge in [0.1, 0.15) is 17.3 Å². The molecule has 0 unspecified atom stereocenters. The first-order valence-electron chi connectivity index (χ1n) is 7.81. The number of amides is 1. The molecular formula is C18H14ClN5O2. The number of hydrogen-bond acceptors (Lipinski definition) is 4. The van der Waals surface area contributed by atoms with Gasteiger partial charge in [-0.15, -0.1) is 0 Å². The first kappa shape index (κ1) is 16.2. The second-order valence-corrected chi connectivity index (χ2v) is 6.16. The molecule has 130 valence electrons. The van der Waals surface area contributed by atoms with E-state index in [4.69, 9.17) is 11.6 Å². The summed E-state index contributed by atoms with van der Waals surface area (Å²) in [6.45, 7) is 0. The Morgan fingerprint density at radius 2 is 2.00 bits per heavy atom. The van der Waals surface area contributed by atoms with Gasteiger partial charge in [0.2, 0.25) is 0 Å². The van der Waals surface area contributed by atoms with Crippen molar-refractivity contribution < 1.29 is 9.90 Å². The zero-order valence-electron chi connectivity index (χ0n) is 13.7. The number of H-pyrrole nitrogens is 1. The van der Waals surface area contributed by atoms with E-state index in [2.05, 4.69) is 20.6 Å². The first-order valence-corrected chi connectivity index (χ1v) is 8.19. The minimum absolute atomic E-state index is 0.0411. The number of aromatic hydroxyl groups is 1. The number of anilines is 1. The van der Waals surface area contributed by atoms with Crippen LogP contribution in [0.3, 0.4) is 0 Å². The number of halogens is 1. The number of benzene rings is 2. The number of nitrogens with zero attached hydrogens (tertiary/aromatic N) is 3. The summed E-state index contributed by atoms with van der Waals surface area (Å²) in [6.07, 6.45) is 0. The fourth-order valence-corrected chi connectivity index (χ4v) is 3.00. The van der Waals surface area contributed by atoms with Crippen molar-refractivity contribution in [1.29, 1.82) is 0 Å². The van der Waals surface area contributed by atoms with Crippen LogP contribution in [-0.4, -0.2) is 31.0 Å². The van der Waals surface area contributed by atoms with Gasteiger partial charge in [0.05, 0.1) is 16.0 Å². The lowest BCUT2D eigenvalue weighted by atomic mass is 10.1. The molecule has 0 saturated heterocycles. The van der Waals surface area contributed by atoms with Crippen molar-refractivity contribution in [3.05, 3.63) is 59.1 Å². The number of fused-ring (bicyclic) bond motifs is 1. The highest BCUT2D eigenvalue weighted by molar-refractivity contribution is 6.34. The predicted molar refractivity (Wildman–Crippen MR) is 99.4 cm³/mol. The summed E-state index contributed by atoms with van der Waals surface area (Å²) in [6, 6.07) is 13.8. The van der Waals surface area contributed by atoms with Gasteiger partial charge in [-0.05, 0) is 18.2 Å². The molecule has 7 nitrogen and oxygen atoms in total. The lowest BCUT2D eigenvalue weighted by molar-refractivity contribution is 0.102. The monoisotopic (exact) mass is 367 g/mol. The molecule has 0 radical (unpaired) electrons. The number of carbonyl (C=O) groups excluding carboxylic acids is 1. The zero-order chi connectivity index (χ0) is 18.3. The smallest absolute Gasteiger partial charge is 0.258 e. The van der Waals surface area contributed by atoms with Crippen LogP contribution in [0.5, 0.6) is 5.75 Å². The van der Waals surface area contributed by atoms with E-state index < -0.39 is 5.91 Å². The molecule has 2 aromatic carbocycles. The van der Waals surface area contributed by atoms with Crippen LogP contribution in [0.1, 0.15) is 10.4 Å². The quantitative estimate of drug-likeness (QED) is 0.515. The van der Waals surface area contributed by atoms with Gasteiger partial charge in [0.15, 0.2) is 5.65 Å². The number of rotatable bonds is 3. The molecule has 0 aliphatic rings. The van der Waals surface area contributed by atoms with Crippen LogP contribution in [0.2, 0.25) is 5.02 Å². The molecule has 26 heavy (non-hydrogen) atoms. The molecular weight excluding hydrogens is 354 g/mol. The minimum Gasteiger partial charge on any atom is -0.508 e. The topological polar surface area (TPSA) is 95.8 Å². The van der Waals surface area contributed by atoms with Crippen molar-refractivity contribution in [2.24, 2.45) is 7.05 Å². The molecule has 8 heteroatoms. The van der Waals surface area contributed by atoms with Gasteiger partial charge in [0, 0.05) is 12.6 Å².